The summed E-state index contributed by atoms with van der Waals surface area (Å²) in [5, 5.41) is 17.8. The lowest BCUT2D eigenvalue weighted by Gasteiger charge is -2.15. The van der Waals surface area contributed by atoms with E-state index in [-0.39, 0.29) is 0 Å². The van der Waals surface area contributed by atoms with Gasteiger partial charge in [0.2, 0.25) is 12.7 Å². The third-order valence-corrected chi connectivity index (χ3v) is 2.39. The number of nitrogens with one attached hydrogen (secondary N) is 1. The number of nitrogens with two attached hydrogens (primary N) is 1. The minimum atomic E-state index is -5.08. The van der Waals surface area contributed by atoms with Crippen molar-refractivity contribution in [3.05, 3.63) is 12.2 Å². The molecule has 0 aromatic carbocycles. The summed E-state index contributed by atoms with van der Waals surface area (Å²) < 4.78 is 44.9. The molecule has 0 heterocycles. The van der Waals surface area contributed by atoms with E-state index in [2.05, 4.69) is 14.2 Å². The molecule has 0 spiro atoms. The molecule has 0 saturated carbocycles. The maximum absolute atomic E-state index is 11.6. The maximum atomic E-state index is 11.6. The molecule has 0 saturated heterocycles. The monoisotopic (exact) mass is 446 g/mol. The molecule has 0 aromatic heterocycles. The highest BCUT2D eigenvalue weighted by molar-refractivity contribution is 5.91. The van der Waals surface area contributed by atoms with Gasteiger partial charge in [-0.25, -0.2) is 19.2 Å². The van der Waals surface area contributed by atoms with Crippen LogP contribution in [0.3, 0.4) is 0 Å². The van der Waals surface area contributed by atoms with E-state index in [4.69, 9.17) is 20.7 Å². The molecule has 1 amide bonds. The van der Waals surface area contributed by atoms with Crippen LogP contribution in [0.4, 0.5) is 13.2 Å². The second-order valence-electron chi connectivity index (χ2n) is 4.63. The summed E-state index contributed by atoms with van der Waals surface area (Å²) in [4.78, 5) is 64.0. The summed E-state index contributed by atoms with van der Waals surface area (Å²) >= 11 is 0. The summed E-state index contributed by atoms with van der Waals surface area (Å²) in [6.45, 7) is -1.28. The van der Waals surface area contributed by atoms with Gasteiger partial charge in [-0.15, -0.1) is 0 Å². The van der Waals surface area contributed by atoms with Gasteiger partial charge < -0.3 is 35.5 Å². The van der Waals surface area contributed by atoms with Gasteiger partial charge in [-0.1, -0.05) is 0 Å². The molecule has 0 aliphatic rings. The average molecular weight is 446 g/mol. The maximum Gasteiger partial charge on any atom is 0.490 e. The standard InChI is InChI=1S/C12H16N2O9.C2HF3O2/c1-21-10(18)2-3-11(19)22-6-23-12(20)7(4-9(16)17)14-8(15)5-13;3-2(4,5)1(6)7/h2-3,7H,4-6,13H2,1H3,(H,14,15)(H,16,17);(H,6,7)/b3-2+;/t7-;/m0./s1. The Bertz CT molecular complexity index is 677. The third-order valence-electron chi connectivity index (χ3n) is 2.39. The van der Waals surface area contributed by atoms with E-state index in [1.165, 1.54) is 0 Å². The fraction of sp³-hybridized carbons (Fsp3) is 0.429. The quantitative estimate of drug-likeness (QED) is 0.178. The molecule has 1 atom stereocenters. The molecule has 30 heavy (non-hydrogen) atoms. The van der Waals surface area contributed by atoms with Crippen LogP contribution < -0.4 is 11.1 Å². The van der Waals surface area contributed by atoms with Crippen molar-refractivity contribution in [3.8, 4) is 0 Å². The Morgan fingerprint density at radius 1 is 1.03 bits per heavy atom. The highest BCUT2D eigenvalue weighted by atomic mass is 19.4. The van der Waals surface area contributed by atoms with Gasteiger partial charge in [-0.05, 0) is 0 Å². The first kappa shape index (κ1) is 28.5. The highest BCUT2D eigenvalue weighted by Crippen LogP contribution is 2.13. The predicted octanol–water partition coefficient (Wildman–Crippen LogP) is -1.69. The van der Waals surface area contributed by atoms with Crippen molar-refractivity contribution in [3.63, 3.8) is 0 Å². The number of ether oxygens (including phenoxy) is 3. The Kier molecular flexibility index (Phi) is 13.6. The smallest absolute Gasteiger partial charge is 0.481 e. The largest absolute Gasteiger partial charge is 0.490 e. The molecule has 0 radical (unpaired) electrons. The molecular weight excluding hydrogens is 429 g/mol. The number of halogens is 3. The first-order valence-electron chi connectivity index (χ1n) is 7.35. The van der Waals surface area contributed by atoms with Crippen LogP contribution in [0, 0.1) is 0 Å². The minimum Gasteiger partial charge on any atom is -0.481 e. The second-order valence-corrected chi connectivity index (χ2v) is 4.63. The highest BCUT2D eigenvalue weighted by Gasteiger charge is 2.38. The van der Waals surface area contributed by atoms with E-state index in [9.17, 15) is 37.1 Å². The number of carbonyl (C=O) groups is 6. The van der Waals surface area contributed by atoms with Crippen molar-refractivity contribution >= 4 is 35.8 Å². The molecule has 0 aliphatic carbocycles. The Balaban J connectivity index is 0. The van der Waals surface area contributed by atoms with E-state index in [1.54, 1.807) is 0 Å². The number of methoxy groups -OCH3 is 1. The first-order valence-corrected chi connectivity index (χ1v) is 7.35. The second kappa shape index (κ2) is 14.3. The fourth-order valence-corrected chi connectivity index (χ4v) is 1.12. The molecule has 5 N–H and O–H groups in total. The van der Waals surface area contributed by atoms with Gasteiger partial charge in [0.05, 0.1) is 20.1 Å². The van der Waals surface area contributed by atoms with E-state index in [0.29, 0.717) is 0 Å². The van der Waals surface area contributed by atoms with Crippen LogP contribution in [0.25, 0.3) is 0 Å². The molecule has 0 unspecified atom stereocenters. The third kappa shape index (κ3) is 15.4. The minimum absolute atomic E-state index is 0.448. The normalized spacial score (nSPS) is 11.4. The lowest BCUT2D eigenvalue weighted by molar-refractivity contribution is -0.192. The SMILES string of the molecule is COC(=O)/C=C/C(=O)OCOC(=O)[C@H](CC(=O)O)NC(=O)CN.O=C(O)C(F)(F)F. The van der Waals surface area contributed by atoms with Crippen LogP contribution in [0.2, 0.25) is 0 Å². The van der Waals surface area contributed by atoms with Gasteiger partial charge in [0.15, 0.2) is 0 Å². The number of carboxylic acids is 2. The van der Waals surface area contributed by atoms with Crippen LogP contribution in [0.5, 0.6) is 0 Å². The number of amides is 1. The van der Waals surface area contributed by atoms with Crippen molar-refractivity contribution in [1.29, 1.82) is 0 Å². The van der Waals surface area contributed by atoms with Gasteiger partial charge in [-0.3, -0.25) is 9.59 Å². The Labute approximate surface area is 165 Å². The zero-order valence-corrected chi connectivity index (χ0v) is 15.1. The number of aliphatic carboxylic acids is 2. The summed E-state index contributed by atoms with van der Waals surface area (Å²) in [7, 11) is 1.11. The number of alkyl halides is 3. The van der Waals surface area contributed by atoms with Crippen LogP contribution in [0.15, 0.2) is 12.2 Å². The van der Waals surface area contributed by atoms with Gasteiger partial charge >= 0.3 is 36.0 Å². The number of carboxylic acid groups (broad SMARTS) is 2. The number of carbonyl (C=O) groups excluding carboxylic acids is 4. The molecule has 0 bridgehead atoms. The molecule has 13 nitrogen and oxygen atoms in total. The van der Waals surface area contributed by atoms with Crippen molar-refractivity contribution in [1.82, 2.24) is 5.32 Å². The van der Waals surface area contributed by atoms with Crippen molar-refractivity contribution in [2.75, 3.05) is 20.4 Å². The van der Waals surface area contributed by atoms with Crippen molar-refractivity contribution in [2.45, 2.75) is 18.6 Å². The topological polar surface area (TPSA) is 209 Å². The number of hydrogen-bond acceptors (Lipinski definition) is 10. The van der Waals surface area contributed by atoms with Gasteiger partial charge in [0, 0.05) is 12.2 Å². The van der Waals surface area contributed by atoms with Crippen LogP contribution in [-0.4, -0.2) is 78.6 Å². The van der Waals surface area contributed by atoms with E-state index < -0.39 is 67.7 Å². The summed E-state index contributed by atoms with van der Waals surface area (Å²) in [6, 6.07) is -1.48. The van der Waals surface area contributed by atoms with Crippen molar-refractivity contribution in [2.24, 2.45) is 5.73 Å². The van der Waals surface area contributed by atoms with Gasteiger partial charge in [-0.2, -0.15) is 13.2 Å². The van der Waals surface area contributed by atoms with Gasteiger partial charge in [0.25, 0.3) is 0 Å². The van der Waals surface area contributed by atoms with Crippen LogP contribution in [0.1, 0.15) is 6.42 Å². The molecule has 0 rings (SSSR count). The van der Waals surface area contributed by atoms with E-state index in [0.717, 1.165) is 19.3 Å². The zero-order chi connectivity index (χ0) is 23.9. The Morgan fingerprint density at radius 2 is 1.53 bits per heavy atom. The summed E-state index contributed by atoms with van der Waals surface area (Å²) in [6.07, 6.45) is -4.29. The molecule has 170 valence electrons. The van der Waals surface area contributed by atoms with Crippen LogP contribution >= 0.6 is 0 Å². The lowest BCUT2D eigenvalue weighted by atomic mass is 10.2. The predicted molar refractivity (Wildman–Crippen MR) is 85.1 cm³/mol. The first-order chi connectivity index (χ1) is 13.7. The summed E-state index contributed by atoms with van der Waals surface area (Å²) in [5.74, 6) is -7.78. The lowest BCUT2D eigenvalue weighted by Crippen LogP contribution is -2.45. The number of esters is 3. The molecule has 16 heteroatoms. The average Bonchev–Trinajstić information content (AvgIpc) is 2.64. The molecule has 0 aliphatic heterocycles. The molecule has 0 fully saturated rings. The zero-order valence-electron chi connectivity index (χ0n) is 15.1. The van der Waals surface area contributed by atoms with Gasteiger partial charge in [0.1, 0.15) is 6.04 Å². The number of rotatable bonds is 9. The van der Waals surface area contributed by atoms with Crippen molar-refractivity contribution < 1.29 is 66.4 Å². The van der Waals surface area contributed by atoms with E-state index >= 15 is 0 Å². The summed E-state index contributed by atoms with van der Waals surface area (Å²) in [5.41, 5.74) is 5.03. The number of hydrogen-bond donors (Lipinski definition) is 4. The fourth-order valence-electron chi connectivity index (χ4n) is 1.12. The van der Waals surface area contributed by atoms with E-state index in [1.807, 2.05) is 5.32 Å². The van der Waals surface area contributed by atoms with Crippen LogP contribution in [-0.2, 0) is 43.0 Å². The Morgan fingerprint density at radius 3 is 1.93 bits per heavy atom. The molecular formula is C14H17F3N2O11. The Hall–Kier alpha value is -3.69. The molecule has 0 aromatic rings.